The number of carbonyl (C=O) groups excluding carboxylic acids is 2. The first-order valence-electron chi connectivity index (χ1n) is 7.64. The second-order valence-corrected chi connectivity index (χ2v) is 6.60. The lowest BCUT2D eigenvalue weighted by Crippen LogP contribution is -2.38. The molecule has 1 saturated heterocycles. The summed E-state index contributed by atoms with van der Waals surface area (Å²) < 4.78 is 0. The number of aryl methyl sites for hydroxylation is 1. The highest BCUT2D eigenvalue weighted by molar-refractivity contribution is 6.05. The second-order valence-electron chi connectivity index (χ2n) is 6.60. The summed E-state index contributed by atoms with van der Waals surface area (Å²) in [6, 6.07) is 7.61. The number of hydrogen-bond donors (Lipinski definition) is 1. The van der Waals surface area contributed by atoms with E-state index in [4.69, 9.17) is 5.73 Å². The number of imide groups is 1. The summed E-state index contributed by atoms with van der Waals surface area (Å²) in [5.74, 6) is 0.241. The summed E-state index contributed by atoms with van der Waals surface area (Å²) in [5.41, 5.74) is 8.31. The molecule has 0 aromatic heterocycles. The number of fused-ring (bicyclic) bond motifs is 1. The van der Waals surface area contributed by atoms with Crippen LogP contribution in [0.1, 0.15) is 36.9 Å². The predicted octanol–water partition coefficient (Wildman–Crippen LogP) is 2.03. The van der Waals surface area contributed by atoms with Crippen LogP contribution in [0.25, 0.3) is 0 Å². The van der Waals surface area contributed by atoms with Crippen LogP contribution in [-0.4, -0.2) is 23.3 Å². The van der Waals surface area contributed by atoms with Crippen molar-refractivity contribution in [1.29, 1.82) is 0 Å². The maximum absolute atomic E-state index is 12.4. The molecule has 0 radical (unpaired) electrons. The molecular weight excluding hydrogens is 264 g/mol. The Balaban J connectivity index is 1.74. The van der Waals surface area contributed by atoms with E-state index in [1.165, 1.54) is 4.90 Å². The van der Waals surface area contributed by atoms with Crippen LogP contribution < -0.4 is 5.73 Å². The Morgan fingerprint density at radius 3 is 2.43 bits per heavy atom. The number of hydrogen-bond acceptors (Lipinski definition) is 3. The molecule has 21 heavy (non-hydrogen) atoms. The average molecular weight is 286 g/mol. The Hall–Kier alpha value is -1.68. The second kappa shape index (κ2) is 5.26. The van der Waals surface area contributed by atoms with Gasteiger partial charge in [-0.05, 0) is 31.2 Å². The van der Waals surface area contributed by atoms with Crippen LogP contribution in [0.5, 0.6) is 0 Å². The number of nitrogens with two attached hydrogens (primary N) is 1. The minimum Gasteiger partial charge on any atom is -0.322 e. The van der Waals surface area contributed by atoms with Crippen LogP contribution in [0.15, 0.2) is 24.3 Å². The number of amides is 2. The summed E-state index contributed by atoms with van der Waals surface area (Å²) in [5, 5.41) is 0. The van der Waals surface area contributed by atoms with E-state index >= 15 is 0 Å². The Bertz CT molecular complexity index is 560. The van der Waals surface area contributed by atoms with Crippen LogP contribution in [0, 0.1) is 24.7 Å². The van der Waals surface area contributed by atoms with Crippen molar-refractivity contribution in [3.63, 3.8) is 0 Å². The van der Waals surface area contributed by atoms with Crippen molar-refractivity contribution in [2.75, 3.05) is 6.54 Å². The van der Waals surface area contributed by atoms with Gasteiger partial charge >= 0.3 is 0 Å². The first kappa shape index (κ1) is 14.3. The Labute approximate surface area is 125 Å². The molecule has 3 rings (SSSR count). The fraction of sp³-hybridized carbons (Fsp3) is 0.529. The molecule has 1 aromatic rings. The van der Waals surface area contributed by atoms with Crippen LogP contribution in [-0.2, 0) is 9.59 Å². The molecule has 2 N–H and O–H groups in total. The number of carbonyl (C=O) groups is 2. The normalized spacial score (nSPS) is 29.9. The lowest BCUT2D eigenvalue weighted by Gasteiger charge is -2.21. The topological polar surface area (TPSA) is 63.4 Å². The highest BCUT2D eigenvalue weighted by Gasteiger charge is 2.51. The minimum absolute atomic E-state index is 0.0162. The third-order valence-corrected chi connectivity index (χ3v) is 4.81. The fourth-order valence-corrected chi connectivity index (χ4v) is 3.73. The van der Waals surface area contributed by atoms with Crippen molar-refractivity contribution < 1.29 is 9.59 Å². The van der Waals surface area contributed by atoms with E-state index in [2.05, 4.69) is 6.92 Å². The number of nitrogens with zero attached hydrogens (tertiary/aromatic N) is 1. The van der Waals surface area contributed by atoms with E-state index in [9.17, 15) is 9.59 Å². The zero-order valence-electron chi connectivity index (χ0n) is 12.6. The van der Waals surface area contributed by atoms with Gasteiger partial charge in [0.1, 0.15) is 0 Å². The lowest BCUT2D eigenvalue weighted by atomic mass is 10.00. The van der Waals surface area contributed by atoms with E-state index in [1.54, 1.807) is 0 Å². The van der Waals surface area contributed by atoms with E-state index in [0.29, 0.717) is 12.5 Å². The molecule has 0 spiro atoms. The smallest absolute Gasteiger partial charge is 0.233 e. The maximum atomic E-state index is 12.4. The van der Waals surface area contributed by atoms with Gasteiger partial charge in [-0.2, -0.15) is 0 Å². The number of benzene rings is 1. The predicted molar refractivity (Wildman–Crippen MR) is 80.2 cm³/mol. The van der Waals surface area contributed by atoms with Crippen molar-refractivity contribution in [2.24, 2.45) is 23.5 Å². The standard InChI is InChI=1S/C17H22N2O2/c1-10-4-3-5-12(6-10)15(18)9-19-16(20)13-7-11(2)8-14(13)17(19)21/h3-6,11,13-15H,7-9,18H2,1-2H3. The molecule has 2 amide bonds. The van der Waals surface area contributed by atoms with Crippen LogP contribution >= 0.6 is 0 Å². The fourth-order valence-electron chi connectivity index (χ4n) is 3.73. The highest BCUT2D eigenvalue weighted by atomic mass is 16.2. The lowest BCUT2D eigenvalue weighted by molar-refractivity contribution is -0.140. The van der Waals surface area contributed by atoms with Crippen LogP contribution in [0.4, 0.5) is 0 Å². The number of rotatable bonds is 3. The Morgan fingerprint density at radius 1 is 1.24 bits per heavy atom. The summed E-state index contributed by atoms with van der Waals surface area (Å²) >= 11 is 0. The number of likely N-dealkylation sites (tertiary alicyclic amines) is 1. The molecule has 1 aliphatic heterocycles. The molecule has 112 valence electrons. The average Bonchev–Trinajstić information content (AvgIpc) is 2.92. The van der Waals surface area contributed by atoms with Gasteiger partial charge < -0.3 is 5.73 Å². The summed E-state index contributed by atoms with van der Waals surface area (Å²) in [6.45, 7) is 4.42. The molecule has 3 unspecified atom stereocenters. The van der Waals surface area contributed by atoms with Gasteiger partial charge in [0.15, 0.2) is 0 Å². The quantitative estimate of drug-likeness (QED) is 0.865. The van der Waals surface area contributed by atoms with E-state index in [-0.39, 0.29) is 29.7 Å². The Morgan fingerprint density at radius 2 is 1.86 bits per heavy atom. The van der Waals surface area contributed by atoms with Crippen LogP contribution in [0.3, 0.4) is 0 Å². The van der Waals surface area contributed by atoms with Gasteiger partial charge in [0, 0.05) is 12.6 Å². The first-order valence-corrected chi connectivity index (χ1v) is 7.64. The molecule has 2 aliphatic rings. The monoisotopic (exact) mass is 286 g/mol. The highest BCUT2D eigenvalue weighted by Crippen LogP contribution is 2.43. The largest absolute Gasteiger partial charge is 0.322 e. The SMILES string of the molecule is Cc1cccc(C(N)CN2C(=O)C3CC(C)CC3C2=O)c1. The molecule has 3 atom stereocenters. The van der Waals surface area contributed by atoms with Gasteiger partial charge in [0.05, 0.1) is 11.8 Å². The minimum atomic E-state index is -0.311. The van der Waals surface area contributed by atoms with E-state index in [0.717, 1.165) is 24.0 Å². The van der Waals surface area contributed by atoms with E-state index < -0.39 is 0 Å². The summed E-state index contributed by atoms with van der Waals surface area (Å²) in [4.78, 5) is 26.2. The zero-order chi connectivity index (χ0) is 15.1. The molecule has 4 nitrogen and oxygen atoms in total. The summed E-state index contributed by atoms with van der Waals surface area (Å²) in [6.07, 6.45) is 1.68. The molecule has 1 aromatic carbocycles. The van der Waals surface area contributed by atoms with Gasteiger partial charge in [-0.3, -0.25) is 14.5 Å². The zero-order valence-corrected chi connectivity index (χ0v) is 12.6. The van der Waals surface area contributed by atoms with Crippen molar-refractivity contribution >= 4 is 11.8 Å². The van der Waals surface area contributed by atoms with Gasteiger partial charge in [-0.25, -0.2) is 0 Å². The van der Waals surface area contributed by atoms with Gasteiger partial charge in [-0.1, -0.05) is 36.8 Å². The molecule has 1 aliphatic carbocycles. The first-order chi connectivity index (χ1) is 9.97. The van der Waals surface area contributed by atoms with Gasteiger partial charge in [0.25, 0.3) is 0 Å². The molecular formula is C17H22N2O2. The van der Waals surface area contributed by atoms with Crippen molar-refractivity contribution in [3.8, 4) is 0 Å². The third kappa shape index (κ3) is 2.48. The van der Waals surface area contributed by atoms with Crippen LogP contribution in [0.2, 0.25) is 0 Å². The van der Waals surface area contributed by atoms with Crippen molar-refractivity contribution in [3.05, 3.63) is 35.4 Å². The Kier molecular flexibility index (Phi) is 3.57. The van der Waals surface area contributed by atoms with Crippen molar-refractivity contribution in [1.82, 2.24) is 4.90 Å². The molecule has 1 saturated carbocycles. The third-order valence-electron chi connectivity index (χ3n) is 4.81. The van der Waals surface area contributed by atoms with E-state index in [1.807, 2.05) is 31.2 Å². The van der Waals surface area contributed by atoms with Gasteiger partial charge in [0.2, 0.25) is 11.8 Å². The van der Waals surface area contributed by atoms with Gasteiger partial charge in [-0.15, -0.1) is 0 Å². The van der Waals surface area contributed by atoms with Crippen molar-refractivity contribution in [2.45, 2.75) is 32.7 Å². The summed E-state index contributed by atoms with van der Waals surface area (Å²) in [7, 11) is 0. The molecule has 1 heterocycles. The molecule has 0 bridgehead atoms. The molecule has 2 fully saturated rings. The molecule has 4 heteroatoms. The maximum Gasteiger partial charge on any atom is 0.233 e.